The summed E-state index contributed by atoms with van der Waals surface area (Å²) in [6.45, 7) is 5.79. The molecule has 0 saturated heterocycles. The van der Waals surface area contributed by atoms with Crippen molar-refractivity contribution in [3.8, 4) is 0 Å². The topological polar surface area (TPSA) is 3.24 Å². The SMILES string of the molecule is CCCCN1Cc2sc(=S)sc2C1. The zero-order chi connectivity index (χ0) is 9.26. The summed E-state index contributed by atoms with van der Waals surface area (Å²) in [5, 5.41) is 0. The number of nitrogens with zero attached hydrogens (tertiary/aromatic N) is 1. The van der Waals surface area contributed by atoms with Gasteiger partial charge < -0.3 is 0 Å². The number of hydrogen-bond acceptors (Lipinski definition) is 4. The van der Waals surface area contributed by atoms with Crippen LogP contribution in [-0.4, -0.2) is 11.4 Å². The van der Waals surface area contributed by atoms with Gasteiger partial charge in [-0.2, -0.15) is 0 Å². The van der Waals surface area contributed by atoms with Crippen LogP contribution in [0.3, 0.4) is 0 Å². The Bertz CT molecular complexity index is 312. The van der Waals surface area contributed by atoms with E-state index < -0.39 is 0 Å². The molecule has 1 aromatic heterocycles. The summed E-state index contributed by atoms with van der Waals surface area (Å²) in [7, 11) is 0. The molecule has 0 spiro atoms. The van der Waals surface area contributed by atoms with Crippen molar-refractivity contribution in [2.24, 2.45) is 0 Å². The quantitative estimate of drug-likeness (QED) is 0.730. The first-order chi connectivity index (χ1) is 6.29. The third kappa shape index (κ3) is 2.18. The van der Waals surface area contributed by atoms with Gasteiger partial charge in [-0.1, -0.05) is 25.6 Å². The van der Waals surface area contributed by atoms with Gasteiger partial charge in [-0.05, 0) is 13.0 Å². The molecule has 4 heteroatoms. The monoisotopic (exact) mass is 231 g/mol. The van der Waals surface area contributed by atoms with Crippen LogP contribution in [0.25, 0.3) is 0 Å². The lowest BCUT2D eigenvalue weighted by molar-refractivity contribution is 0.281. The highest BCUT2D eigenvalue weighted by atomic mass is 32.2. The molecule has 0 amide bonds. The summed E-state index contributed by atoms with van der Waals surface area (Å²) in [6, 6.07) is 0. The fourth-order valence-electron chi connectivity index (χ4n) is 1.58. The van der Waals surface area contributed by atoms with Crippen LogP contribution in [0.2, 0.25) is 0 Å². The Morgan fingerprint density at radius 1 is 1.31 bits per heavy atom. The second kappa shape index (κ2) is 4.17. The number of hydrogen-bond donors (Lipinski definition) is 0. The first-order valence-electron chi connectivity index (χ1n) is 4.63. The molecule has 0 aromatic carbocycles. The summed E-state index contributed by atoms with van der Waals surface area (Å²) in [5.41, 5.74) is 0. The molecule has 2 rings (SSSR count). The van der Waals surface area contributed by atoms with E-state index in [4.69, 9.17) is 12.2 Å². The van der Waals surface area contributed by atoms with Crippen molar-refractivity contribution >= 4 is 34.9 Å². The molecule has 1 aliphatic rings. The Hall–Kier alpha value is 0.230. The van der Waals surface area contributed by atoms with E-state index in [2.05, 4.69) is 11.8 Å². The van der Waals surface area contributed by atoms with Gasteiger partial charge in [0.2, 0.25) is 0 Å². The van der Waals surface area contributed by atoms with Crippen molar-refractivity contribution in [1.82, 2.24) is 4.90 Å². The van der Waals surface area contributed by atoms with Crippen LogP contribution in [0, 0.1) is 3.14 Å². The fraction of sp³-hybridized carbons (Fsp3) is 0.667. The summed E-state index contributed by atoms with van der Waals surface area (Å²) in [4.78, 5) is 5.56. The molecule has 0 radical (unpaired) electrons. The van der Waals surface area contributed by atoms with Gasteiger partial charge in [0, 0.05) is 22.8 Å². The lowest BCUT2D eigenvalue weighted by Crippen LogP contribution is -2.17. The predicted octanol–water partition coefficient (Wildman–Crippen LogP) is 3.65. The standard InChI is InChI=1S/C9H13NS3/c1-2-3-4-10-5-7-8(6-10)13-9(11)12-7/h2-6H2,1H3. The molecule has 0 unspecified atom stereocenters. The number of fused-ring (bicyclic) bond motifs is 1. The molecule has 2 heterocycles. The predicted molar refractivity (Wildman–Crippen MR) is 62.1 cm³/mol. The van der Waals surface area contributed by atoms with Crippen molar-refractivity contribution in [1.29, 1.82) is 0 Å². The van der Waals surface area contributed by atoms with Crippen LogP contribution in [0.5, 0.6) is 0 Å². The molecule has 0 saturated carbocycles. The largest absolute Gasteiger partial charge is 0.293 e. The van der Waals surface area contributed by atoms with E-state index in [-0.39, 0.29) is 0 Å². The second-order valence-corrected chi connectivity index (χ2v) is 6.76. The van der Waals surface area contributed by atoms with Crippen LogP contribution >= 0.6 is 34.9 Å². The molecule has 0 N–H and O–H groups in total. The Balaban J connectivity index is 1.98. The zero-order valence-corrected chi connectivity index (χ0v) is 10.2. The van der Waals surface area contributed by atoms with Gasteiger partial charge in [-0.3, -0.25) is 4.90 Å². The highest BCUT2D eigenvalue weighted by molar-refractivity contribution is 7.76. The van der Waals surface area contributed by atoms with Crippen molar-refractivity contribution < 1.29 is 0 Å². The summed E-state index contributed by atoms with van der Waals surface area (Å²) in [6.07, 6.45) is 2.61. The lowest BCUT2D eigenvalue weighted by atomic mass is 10.3. The first kappa shape index (κ1) is 9.77. The van der Waals surface area contributed by atoms with E-state index in [0.29, 0.717) is 0 Å². The third-order valence-electron chi connectivity index (χ3n) is 2.29. The number of rotatable bonds is 3. The van der Waals surface area contributed by atoms with Crippen LogP contribution in [0.4, 0.5) is 0 Å². The molecule has 0 bridgehead atoms. The maximum Gasteiger partial charge on any atom is 0.144 e. The maximum atomic E-state index is 5.17. The van der Waals surface area contributed by atoms with E-state index in [9.17, 15) is 0 Å². The van der Waals surface area contributed by atoms with Gasteiger partial charge >= 0.3 is 0 Å². The average Bonchev–Trinajstić information content (AvgIpc) is 2.57. The van der Waals surface area contributed by atoms with E-state index in [0.717, 1.165) is 16.2 Å². The number of unbranched alkanes of at least 4 members (excludes halogenated alkanes) is 1. The molecule has 1 aliphatic heterocycles. The van der Waals surface area contributed by atoms with Crippen molar-refractivity contribution in [2.45, 2.75) is 32.9 Å². The average molecular weight is 231 g/mol. The van der Waals surface area contributed by atoms with E-state index in [1.807, 2.05) is 0 Å². The van der Waals surface area contributed by atoms with Crippen molar-refractivity contribution in [3.05, 3.63) is 12.9 Å². The van der Waals surface area contributed by atoms with Gasteiger partial charge in [0.25, 0.3) is 0 Å². The molecular weight excluding hydrogens is 218 g/mol. The summed E-state index contributed by atoms with van der Waals surface area (Å²) >= 11 is 8.78. The summed E-state index contributed by atoms with van der Waals surface area (Å²) in [5.74, 6) is 0. The van der Waals surface area contributed by atoms with Gasteiger partial charge in [0.05, 0.1) is 0 Å². The van der Waals surface area contributed by atoms with Crippen LogP contribution in [0.15, 0.2) is 0 Å². The third-order valence-corrected chi connectivity index (χ3v) is 4.99. The van der Waals surface area contributed by atoms with Gasteiger partial charge in [0.1, 0.15) is 3.14 Å². The molecule has 1 aromatic rings. The maximum absolute atomic E-state index is 5.17. The Morgan fingerprint density at radius 2 is 1.92 bits per heavy atom. The van der Waals surface area contributed by atoms with Crippen LogP contribution < -0.4 is 0 Å². The van der Waals surface area contributed by atoms with Gasteiger partial charge in [0.15, 0.2) is 0 Å². The smallest absolute Gasteiger partial charge is 0.144 e. The van der Waals surface area contributed by atoms with Gasteiger partial charge in [-0.25, -0.2) is 0 Å². The minimum atomic E-state index is 1.10. The van der Waals surface area contributed by atoms with Crippen LogP contribution in [-0.2, 0) is 13.1 Å². The zero-order valence-electron chi connectivity index (χ0n) is 7.71. The molecule has 0 fully saturated rings. The lowest BCUT2D eigenvalue weighted by Gasteiger charge is -2.13. The minimum absolute atomic E-state index is 1.10. The minimum Gasteiger partial charge on any atom is -0.293 e. The fourth-order valence-corrected chi connectivity index (χ4v) is 4.46. The molecule has 13 heavy (non-hydrogen) atoms. The molecule has 1 nitrogen and oxygen atoms in total. The van der Waals surface area contributed by atoms with E-state index >= 15 is 0 Å². The second-order valence-electron chi connectivity index (χ2n) is 3.36. The normalized spacial score (nSPS) is 16.4. The Kier molecular flexibility index (Phi) is 3.14. The van der Waals surface area contributed by atoms with Gasteiger partial charge in [-0.15, -0.1) is 22.7 Å². The van der Waals surface area contributed by atoms with E-state index in [1.54, 1.807) is 22.7 Å². The molecular formula is C9H13NS3. The highest BCUT2D eigenvalue weighted by Gasteiger charge is 2.20. The van der Waals surface area contributed by atoms with Crippen LogP contribution in [0.1, 0.15) is 29.5 Å². The molecule has 0 atom stereocenters. The van der Waals surface area contributed by atoms with Crippen molar-refractivity contribution in [3.63, 3.8) is 0 Å². The Labute approximate surface area is 92.0 Å². The van der Waals surface area contributed by atoms with Crippen molar-refractivity contribution in [2.75, 3.05) is 6.54 Å². The van der Waals surface area contributed by atoms with E-state index in [1.165, 1.54) is 29.1 Å². The summed E-state index contributed by atoms with van der Waals surface area (Å²) < 4.78 is 1.10. The molecule has 0 aliphatic carbocycles. The molecule has 72 valence electrons. The first-order valence-corrected chi connectivity index (χ1v) is 6.67. The Morgan fingerprint density at radius 3 is 2.46 bits per heavy atom. The highest BCUT2D eigenvalue weighted by Crippen LogP contribution is 2.33.